The van der Waals surface area contributed by atoms with Crippen molar-refractivity contribution in [2.45, 2.75) is 46.2 Å². The van der Waals surface area contributed by atoms with E-state index in [9.17, 15) is 4.79 Å². The molecule has 0 unspecified atom stereocenters. The van der Waals surface area contributed by atoms with E-state index in [2.05, 4.69) is 43.1 Å². The third kappa shape index (κ3) is 4.46. The number of aryl methyl sites for hydroxylation is 1. The average molecular weight is 411 g/mol. The van der Waals surface area contributed by atoms with Gasteiger partial charge in [-0.25, -0.2) is 0 Å². The molecular formula is C25H34N2O3. The number of likely N-dealkylation sites (N-methyl/N-ethyl adjacent to an activating group) is 1. The number of methoxy groups -OCH3 is 2. The van der Waals surface area contributed by atoms with Crippen molar-refractivity contribution in [2.24, 2.45) is 5.92 Å². The molecule has 2 atom stereocenters. The average Bonchev–Trinajstić information content (AvgIpc) is 2.75. The van der Waals surface area contributed by atoms with Crippen LogP contribution in [0, 0.1) is 12.8 Å². The number of rotatable bonds is 7. The molecule has 1 heterocycles. The van der Waals surface area contributed by atoms with Crippen LogP contribution < -0.4 is 14.8 Å². The fourth-order valence-electron chi connectivity index (χ4n) is 4.35. The summed E-state index contributed by atoms with van der Waals surface area (Å²) in [4.78, 5) is 15.5. The Labute approximate surface area is 180 Å². The Morgan fingerprint density at radius 1 is 1.13 bits per heavy atom. The molecule has 1 N–H and O–H groups in total. The number of benzene rings is 2. The second kappa shape index (κ2) is 9.52. The summed E-state index contributed by atoms with van der Waals surface area (Å²) in [5.41, 5.74) is 4.31. The smallest absolute Gasteiger partial charge is 0.251 e. The first-order chi connectivity index (χ1) is 14.4. The van der Waals surface area contributed by atoms with Gasteiger partial charge in [0.1, 0.15) is 0 Å². The van der Waals surface area contributed by atoms with E-state index in [0.717, 1.165) is 36.6 Å². The Kier molecular flexibility index (Phi) is 7.03. The van der Waals surface area contributed by atoms with E-state index in [1.165, 1.54) is 11.1 Å². The highest BCUT2D eigenvalue weighted by Gasteiger charge is 2.36. The van der Waals surface area contributed by atoms with Gasteiger partial charge >= 0.3 is 0 Å². The molecule has 0 saturated carbocycles. The summed E-state index contributed by atoms with van der Waals surface area (Å²) in [5, 5.41) is 3.34. The molecule has 0 fully saturated rings. The summed E-state index contributed by atoms with van der Waals surface area (Å²) < 4.78 is 11.1. The van der Waals surface area contributed by atoms with Gasteiger partial charge in [0, 0.05) is 12.1 Å². The maximum Gasteiger partial charge on any atom is 0.251 e. The highest BCUT2D eigenvalue weighted by Crippen LogP contribution is 2.40. The Morgan fingerprint density at radius 2 is 1.77 bits per heavy atom. The van der Waals surface area contributed by atoms with E-state index in [1.807, 2.05) is 31.2 Å². The van der Waals surface area contributed by atoms with Gasteiger partial charge in [-0.15, -0.1) is 0 Å². The maximum absolute atomic E-state index is 13.1. The molecule has 0 spiro atoms. The van der Waals surface area contributed by atoms with Crippen molar-refractivity contribution in [1.29, 1.82) is 0 Å². The zero-order valence-corrected chi connectivity index (χ0v) is 19.0. The lowest BCUT2D eigenvalue weighted by atomic mass is 9.83. The predicted octanol–water partition coefficient (Wildman–Crippen LogP) is 4.39. The predicted molar refractivity (Wildman–Crippen MR) is 121 cm³/mol. The molecular weight excluding hydrogens is 376 g/mol. The number of carbonyl (C=O) groups excluding carboxylic acids is 1. The Bertz CT molecular complexity index is 877. The molecule has 2 aromatic carbocycles. The second-order valence-electron chi connectivity index (χ2n) is 8.34. The largest absolute Gasteiger partial charge is 0.493 e. The van der Waals surface area contributed by atoms with Gasteiger partial charge < -0.3 is 14.8 Å². The normalized spacial score (nSPS) is 17.4. The summed E-state index contributed by atoms with van der Waals surface area (Å²) in [6.07, 6.45) is 0.955. The van der Waals surface area contributed by atoms with Crippen molar-refractivity contribution < 1.29 is 14.3 Å². The van der Waals surface area contributed by atoms with Gasteiger partial charge in [-0.1, -0.05) is 38.5 Å². The molecule has 0 aliphatic carbocycles. The van der Waals surface area contributed by atoms with Crippen LogP contribution in [0.25, 0.3) is 0 Å². The van der Waals surface area contributed by atoms with Crippen molar-refractivity contribution in [3.05, 3.63) is 58.7 Å². The van der Waals surface area contributed by atoms with Crippen LogP contribution >= 0.6 is 0 Å². The standard InChI is InChI=1S/C25H34N2O3/c1-7-27-13-12-19-14-21(29-5)22(30-6)15-20(19)24(27)23(16(2)3)26-25(28)18-10-8-17(4)9-11-18/h8-11,14-16,23-24H,7,12-13H2,1-6H3,(H,26,28)/t23-,24+/m1/s1. The van der Waals surface area contributed by atoms with E-state index in [4.69, 9.17) is 9.47 Å². The third-order valence-corrected chi connectivity index (χ3v) is 6.10. The molecule has 5 nitrogen and oxygen atoms in total. The molecule has 0 bridgehead atoms. The van der Waals surface area contributed by atoms with Crippen LogP contribution in [0.3, 0.4) is 0 Å². The van der Waals surface area contributed by atoms with E-state index in [-0.39, 0.29) is 23.9 Å². The van der Waals surface area contributed by atoms with Crippen LogP contribution in [0.4, 0.5) is 0 Å². The topological polar surface area (TPSA) is 50.8 Å². The number of ether oxygens (including phenoxy) is 2. The van der Waals surface area contributed by atoms with Gasteiger partial charge in [0.05, 0.1) is 26.3 Å². The summed E-state index contributed by atoms with van der Waals surface area (Å²) in [6.45, 7) is 10.4. The van der Waals surface area contributed by atoms with Gasteiger partial charge in [-0.2, -0.15) is 0 Å². The third-order valence-electron chi connectivity index (χ3n) is 6.10. The number of nitrogens with one attached hydrogen (secondary N) is 1. The van der Waals surface area contributed by atoms with E-state index >= 15 is 0 Å². The first-order valence-electron chi connectivity index (χ1n) is 10.8. The van der Waals surface area contributed by atoms with E-state index in [0.29, 0.717) is 5.56 Å². The van der Waals surface area contributed by atoms with Crippen LogP contribution in [0.1, 0.15) is 53.9 Å². The molecule has 162 valence electrons. The number of carbonyl (C=O) groups is 1. The Hall–Kier alpha value is -2.53. The monoisotopic (exact) mass is 410 g/mol. The molecule has 1 aliphatic heterocycles. The van der Waals surface area contributed by atoms with Crippen molar-refractivity contribution in [3.8, 4) is 11.5 Å². The lowest BCUT2D eigenvalue weighted by Gasteiger charge is -2.43. The first kappa shape index (κ1) is 22.2. The fraction of sp³-hybridized carbons (Fsp3) is 0.480. The number of amides is 1. The minimum Gasteiger partial charge on any atom is -0.493 e. The number of hydrogen-bond acceptors (Lipinski definition) is 4. The van der Waals surface area contributed by atoms with Gasteiger partial charge in [0.2, 0.25) is 0 Å². The SMILES string of the molecule is CCN1CCc2cc(OC)c(OC)cc2[C@H]1[C@H](NC(=O)c1ccc(C)cc1)C(C)C. The lowest BCUT2D eigenvalue weighted by molar-refractivity contribution is 0.0834. The molecule has 0 saturated heterocycles. The Balaban J connectivity index is 2.00. The zero-order chi connectivity index (χ0) is 21.8. The van der Waals surface area contributed by atoms with Gasteiger partial charge in [-0.3, -0.25) is 9.69 Å². The summed E-state index contributed by atoms with van der Waals surface area (Å²) >= 11 is 0. The molecule has 5 heteroatoms. The van der Waals surface area contributed by atoms with E-state index in [1.54, 1.807) is 14.2 Å². The molecule has 2 aromatic rings. The van der Waals surface area contributed by atoms with Crippen molar-refractivity contribution in [3.63, 3.8) is 0 Å². The number of nitrogens with zero attached hydrogens (tertiary/aromatic N) is 1. The minimum absolute atomic E-state index is 0.0302. The van der Waals surface area contributed by atoms with Gasteiger partial charge in [0.25, 0.3) is 5.91 Å². The highest BCUT2D eigenvalue weighted by atomic mass is 16.5. The minimum atomic E-state index is -0.0316. The molecule has 0 aromatic heterocycles. The van der Waals surface area contributed by atoms with Gasteiger partial charge in [0.15, 0.2) is 11.5 Å². The van der Waals surface area contributed by atoms with Crippen molar-refractivity contribution >= 4 is 5.91 Å². The summed E-state index contributed by atoms with van der Waals surface area (Å²) in [5.74, 6) is 1.71. The highest BCUT2D eigenvalue weighted by molar-refractivity contribution is 5.94. The van der Waals surface area contributed by atoms with Crippen molar-refractivity contribution in [1.82, 2.24) is 10.2 Å². The zero-order valence-electron chi connectivity index (χ0n) is 19.0. The molecule has 1 aliphatic rings. The lowest BCUT2D eigenvalue weighted by Crippen LogP contribution is -2.51. The molecule has 30 heavy (non-hydrogen) atoms. The van der Waals surface area contributed by atoms with E-state index < -0.39 is 0 Å². The Morgan fingerprint density at radius 3 is 2.33 bits per heavy atom. The van der Waals surface area contributed by atoms with Crippen LogP contribution in [-0.4, -0.2) is 44.2 Å². The number of fused-ring (bicyclic) bond motifs is 1. The first-order valence-corrected chi connectivity index (χ1v) is 10.8. The second-order valence-corrected chi connectivity index (χ2v) is 8.34. The molecule has 3 rings (SSSR count). The molecule has 1 amide bonds. The van der Waals surface area contributed by atoms with Crippen LogP contribution in [0.2, 0.25) is 0 Å². The van der Waals surface area contributed by atoms with Crippen LogP contribution in [0.15, 0.2) is 36.4 Å². The van der Waals surface area contributed by atoms with Crippen LogP contribution in [-0.2, 0) is 6.42 Å². The number of hydrogen-bond donors (Lipinski definition) is 1. The summed E-state index contributed by atoms with van der Waals surface area (Å²) in [7, 11) is 3.33. The summed E-state index contributed by atoms with van der Waals surface area (Å²) in [6, 6.07) is 12.0. The van der Waals surface area contributed by atoms with Gasteiger partial charge in [-0.05, 0) is 61.2 Å². The quantitative estimate of drug-likeness (QED) is 0.736. The maximum atomic E-state index is 13.1. The molecule has 0 radical (unpaired) electrons. The van der Waals surface area contributed by atoms with Crippen LogP contribution in [0.5, 0.6) is 11.5 Å². The van der Waals surface area contributed by atoms with Crippen molar-refractivity contribution in [2.75, 3.05) is 27.3 Å². The fourth-order valence-corrected chi connectivity index (χ4v) is 4.35.